The Morgan fingerprint density at radius 2 is 2.04 bits per heavy atom. The number of hydrogen-bond donors (Lipinski definition) is 1. The van der Waals surface area contributed by atoms with Gasteiger partial charge >= 0.3 is 0 Å². The maximum atomic E-state index is 13.0. The summed E-state index contributed by atoms with van der Waals surface area (Å²) in [5, 5.41) is 7.59. The SMILES string of the molecule is CC(C)(C)Cc1nc(-c2cccc(C(=O)N3CCC4(CCNC4)CC3)c2)no1. The summed E-state index contributed by atoms with van der Waals surface area (Å²) in [5.74, 6) is 1.27. The molecule has 150 valence electrons. The summed E-state index contributed by atoms with van der Waals surface area (Å²) in [7, 11) is 0. The van der Waals surface area contributed by atoms with Crippen LogP contribution in [-0.4, -0.2) is 47.1 Å². The zero-order chi connectivity index (χ0) is 19.8. The Bertz CT molecular complexity index is 836. The third-order valence-corrected chi connectivity index (χ3v) is 5.96. The van der Waals surface area contributed by atoms with Crippen LogP contribution in [0.15, 0.2) is 28.8 Å². The molecule has 2 aromatic rings. The molecule has 0 saturated carbocycles. The zero-order valence-corrected chi connectivity index (χ0v) is 17.1. The van der Waals surface area contributed by atoms with Crippen LogP contribution in [-0.2, 0) is 6.42 Å². The van der Waals surface area contributed by atoms with E-state index in [1.165, 1.54) is 6.42 Å². The van der Waals surface area contributed by atoms with Crippen molar-refractivity contribution in [1.82, 2.24) is 20.4 Å². The molecule has 2 aliphatic rings. The molecular weight excluding hydrogens is 352 g/mol. The first-order valence-electron chi connectivity index (χ1n) is 10.3. The summed E-state index contributed by atoms with van der Waals surface area (Å²) < 4.78 is 5.40. The lowest BCUT2D eigenvalue weighted by atomic mass is 9.78. The second-order valence-electron chi connectivity index (χ2n) is 9.55. The fourth-order valence-corrected chi connectivity index (χ4v) is 4.28. The topological polar surface area (TPSA) is 71.3 Å². The Morgan fingerprint density at radius 1 is 1.25 bits per heavy atom. The van der Waals surface area contributed by atoms with Crippen molar-refractivity contribution in [3.63, 3.8) is 0 Å². The third-order valence-electron chi connectivity index (χ3n) is 5.96. The Balaban J connectivity index is 1.46. The molecule has 3 heterocycles. The molecule has 2 aliphatic heterocycles. The third kappa shape index (κ3) is 4.12. The maximum absolute atomic E-state index is 13.0. The maximum Gasteiger partial charge on any atom is 0.253 e. The average molecular weight is 383 g/mol. The minimum Gasteiger partial charge on any atom is -0.339 e. The first-order chi connectivity index (χ1) is 13.3. The van der Waals surface area contributed by atoms with Crippen molar-refractivity contribution < 1.29 is 9.32 Å². The summed E-state index contributed by atoms with van der Waals surface area (Å²) in [6, 6.07) is 7.59. The van der Waals surface area contributed by atoms with E-state index >= 15 is 0 Å². The fraction of sp³-hybridized carbons (Fsp3) is 0.591. The van der Waals surface area contributed by atoms with E-state index in [1.807, 2.05) is 29.2 Å². The van der Waals surface area contributed by atoms with Gasteiger partial charge < -0.3 is 14.7 Å². The van der Waals surface area contributed by atoms with Gasteiger partial charge in [-0.2, -0.15) is 4.98 Å². The van der Waals surface area contributed by atoms with E-state index in [1.54, 1.807) is 0 Å². The lowest BCUT2D eigenvalue weighted by molar-refractivity contribution is 0.0607. The smallest absolute Gasteiger partial charge is 0.253 e. The van der Waals surface area contributed by atoms with Gasteiger partial charge in [-0.1, -0.05) is 38.1 Å². The number of nitrogens with one attached hydrogen (secondary N) is 1. The van der Waals surface area contributed by atoms with Crippen molar-refractivity contribution in [2.24, 2.45) is 10.8 Å². The molecule has 0 unspecified atom stereocenters. The molecule has 6 heteroatoms. The van der Waals surface area contributed by atoms with Crippen LogP contribution in [0.3, 0.4) is 0 Å². The summed E-state index contributed by atoms with van der Waals surface area (Å²) in [6.07, 6.45) is 4.14. The Labute approximate surface area is 166 Å². The predicted octanol–water partition coefficient (Wildman–Crippen LogP) is 3.54. The standard InChI is InChI=1S/C22H30N4O2/c1-21(2,3)14-18-24-19(25-28-18)16-5-4-6-17(13-16)20(27)26-11-8-22(9-12-26)7-10-23-15-22/h4-6,13,23H,7-12,14-15H2,1-3H3. The quantitative estimate of drug-likeness (QED) is 0.879. The molecule has 2 saturated heterocycles. The number of rotatable bonds is 3. The largest absolute Gasteiger partial charge is 0.339 e. The molecule has 4 rings (SSSR count). The summed E-state index contributed by atoms with van der Waals surface area (Å²) >= 11 is 0. The van der Waals surface area contributed by atoms with Gasteiger partial charge in [0.15, 0.2) is 0 Å². The highest BCUT2D eigenvalue weighted by molar-refractivity contribution is 5.95. The molecule has 0 atom stereocenters. The molecule has 0 aliphatic carbocycles. The number of aromatic nitrogens is 2. The molecule has 6 nitrogen and oxygen atoms in total. The predicted molar refractivity (Wildman–Crippen MR) is 108 cm³/mol. The van der Waals surface area contributed by atoms with Crippen LogP contribution in [0.1, 0.15) is 56.3 Å². The first-order valence-corrected chi connectivity index (χ1v) is 10.3. The summed E-state index contributed by atoms with van der Waals surface area (Å²) in [6.45, 7) is 10.3. The van der Waals surface area contributed by atoms with E-state index in [0.29, 0.717) is 22.7 Å². The number of carbonyl (C=O) groups is 1. The molecular formula is C22H30N4O2. The number of piperidine rings is 1. The van der Waals surface area contributed by atoms with Crippen LogP contribution in [0.25, 0.3) is 11.4 Å². The van der Waals surface area contributed by atoms with E-state index in [-0.39, 0.29) is 11.3 Å². The van der Waals surface area contributed by atoms with Gasteiger partial charge in [0.2, 0.25) is 11.7 Å². The molecule has 28 heavy (non-hydrogen) atoms. The van der Waals surface area contributed by atoms with Crippen molar-refractivity contribution in [2.45, 2.75) is 46.5 Å². The van der Waals surface area contributed by atoms with E-state index in [4.69, 9.17) is 4.52 Å². The van der Waals surface area contributed by atoms with Crippen molar-refractivity contribution >= 4 is 5.91 Å². The van der Waals surface area contributed by atoms with Gasteiger partial charge in [-0.05, 0) is 48.8 Å². The number of hydrogen-bond acceptors (Lipinski definition) is 5. The Morgan fingerprint density at radius 3 is 2.71 bits per heavy atom. The highest BCUT2D eigenvalue weighted by Gasteiger charge is 2.38. The second kappa shape index (κ2) is 7.32. The minimum absolute atomic E-state index is 0.0854. The lowest BCUT2D eigenvalue weighted by Crippen LogP contribution is -2.44. The van der Waals surface area contributed by atoms with Gasteiger partial charge in [0, 0.05) is 37.2 Å². The van der Waals surface area contributed by atoms with Gasteiger partial charge in [-0.25, -0.2) is 0 Å². The molecule has 1 aromatic carbocycles. The first kappa shape index (κ1) is 19.1. The van der Waals surface area contributed by atoms with Gasteiger partial charge in [-0.15, -0.1) is 0 Å². The van der Waals surface area contributed by atoms with Crippen molar-refractivity contribution in [1.29, 1.82) is 0 Å². The van der Waals surface area contributed by atoms with E-state index in [9.17, 15) is 4.79 Å². The number of likely N-dealkylation sites (tertiary alicyclic amines) is 1. The highest BCUT2D eigenvalue weighted by atomic mass is 16.5. The number of carbonyl (C=O) groups excluding carboxylic acids is 1. The monoisotopic (exact) mass is 382 g/mol. The molecule has 1 amide bonds. The lowest BCUT2D eigenvalue weighted by Gasteiger charge is -2.38. The Kier molecular flexibility index (Phi) is 5.00. The average Bonchev–Trinajstić information content (AvgIpc) is 3.31. The van der Waals surface area contributed by atoms with Crippen LogP contribution < -0.4 is 5.32 Å². The molecule has 1 N–H and O–H groups in total. The summed E-state index contributed by atoms with van der Waals surface area (Å²) in [4.78, 5) is 19.5. The normalized spacial score (nSPS) is 19.3. The van der Waals surface area contributed by atoms with Crippen LogP contribution in [0, 0.1) is 10.8 Å². The molecule has 0 radical (unpaired) electrons. The van der Waals surface area contributed by atoms with Crippen LogP contribution in [0.2, 0.25) is 0 Å². The van der Waals surface area contributed by atoms with Crippen molar-refractivity contribution in [2.75, 3.05) is 26.2 Å². The highest BCUT2D eigenvalue weighted by Crippen LogP contribution is 2.37. The van der Waals surface area contributed by atoms with Gasteiger partial charge in [-0.3, -0.25) is 4.79 Å². The number of benzene rings is 1. The molecule has 1 aromatic heterocycles. The number of nitrogens with zero attached hydrogens (tertiary/aromatic N) is 3. The van der Waals surface area contributed by atoms with E-state index in [2.05, 4.69) is 36.2 Å². The van der Waals surface area contributed by atoms with Crippen molar-refractivity contribution in [3.8, 4) is 11.4 Å². The van der Waals surface area contributed by atoms with E-state index < -0.39 is 0 Å². The van der Waals surface area contributed by atoms with Crippen molar-refractivity contribution in [3.05, 3.63) is 35.7 Å². The fourth-order valence-electron chi connectivity index (χ4n) is 4.28. The number of amides is 1. The molecule has 0 bridgehead atoms. The van der Waals surface area contributed by atoms with Gasteiger partial charge in [0.1, 0.15) is 0 Å². The van der Waals surface area contributed by atoms with Gasteiger partial charge in [0.25, 0.3) is 5.91 Å². The second-order valence-corrected chi connectivity index (χ2v) is 9.55. The minimum atomic E-state index is 0.0854. The molecule has 2 fully saturated rings. The van der Waals surface area contributed by atoms with Crippen LogP contribution >= 0.6 is 0 Å². The summed E-state index contributed by atoms with van der Waals surface area (Å²) in [5.41, 5.74) is 2.01. The molecule has 1 spiro atoms. The van der Waals surface area contributed by atoms with Gasteiger partial charge in [0.05, 0.1) is 0 Å². The van der Waals surface area contributed by atoms with E-state index in [0.717, 1.165) is 51.0 Å². The van der Waals surface area contributed by atoms with Crippen LogP contribution in [0.5, 0.6) is 0 Å². The Hall–Kier alpha value is -2.21. The van der Waals surface area contributed by atoms with Crippen LogP contribution in [0.4, 0.5) is 0 Å². The zero-order valence-electron chi connectivity index (χ0n) is 17.1.